The van der Waals surface area contributed by atoms with Gasteiger partial charge in [0.25, 0.3) is 0 Å². The van der Waals surface area contributed by atoms with Crippen LogP contribution in [0.15, 0.2) is 30.3 Å². The first-order chi connectivity index (χ1) is 12.8. The van der Waals surface area contributed by atoms with Gasteiger partial charge in [0.2, 0.25) is 11.8 Å². The van der Waals surface area contributed by atoms with Crippen molar-refractivity contribution in [2.24, 2.45) is 29.4 Å². The van der Waals surface area contributed by atoms with Gasteiger partial charge in [-0.25, -0.2) is 0 Å². The van der Waals surface area contributed by atoms with Gasteiger partial charge in [-0.3, -0.25) is 9.59 Å². The molecule has 1 saturated carbocycles. The van der Waals surface area contributed by atoms with Crippen LogP contribution in [-0.4, -0.2) is 24.4 Å². The lowest BCUT2D eigenvalue weighted by Gasteiger charge is -2.36. The molecular formula is C22H35N3O2. The number of nitrogens with two attached hydrogens (primary N) is 1. The largest absolute Gasteiger partial charge is 0.353 e. The van der Waals surface area contributed by atoms with Crippen molar-refractivity contribution < 1.29 is 9.59 Å². The van der Waals surface area contributed by atoms with Crippen LogP contribution in [0, 0.1) is 23.7 Å². The van der Waals surface area contributed by atoms with Crippen LogP contribution < -0.4 is 16.4 Å². The number of carbonyl (C=O) groups excluding carboxylic acids is 2. The van der Waals surface area contributed by atoms with Gasteiger partial charge in [0.05, 0.1) is 12.1 Å². The third-order valence-corrected chi connectivity index (χ3v) is 5.77. The maximum atomic E-state index is 13.0. The maximum Gasteiger partial charge on any atom is 0.237 e. The van der Waals surface area contributed by atoms with Gasteiger partial charge in [0.15, 0.2) is 0 Å². The second-order valence-electron chi connectivity index (χ2n) is 8.44. The Morgan fingerprint density at radius 3 is 2.41 bits per heavy atom. The molecule has 0 aliphatic heterocycles. The molecule has 0 bridgehead atoms. The Morgan fingerprint density at radius 2 is 1.81 bits per heavy atom. The van der Waals surface area contributed by atoms with Gasteiger partial charge >= 0.3 is 0 Å². The Balaban J connectivity index is 2.06. The fourth-order valence-electron chi connectivity index (χ4n) is 4.08. The predicted molar refractivity (Wildman–Crippen MR) is 109 cm³/mol. The van der Waals surface area contributed by atoms with Crippen molar-refractivity contribution >= 4 is 11.8 Å². The molecule has 1 aliphatic carbocycles. The summed E-state index contributed by atoms with van der Waals surface area (Å²) in [7, 11) is 0. The van der Waals surface area contributed by atoms with Gasteiger partial charge in [-0.2, -0.15) is 0 Å². The molecule has 4 N–H and O–H groups in total. The predicted octanol–water partition coefficient (Wildman–Crippen LogP) is 3.02. The highest BCUT2D eigenvalue weighted by Crippen LogP contribution is 2.38. The monoisotopic (exact) mass is 373 g/mol. The van der Waals surface area contributed by atoms with Crippen molar-refractivity contribution in [1.29, 1.82) is 0 Å². The lowest BCUT2D eigenvalue weighted by Crippen LogP contribution is -2.46. The first-order valence-electron chi connectivity index (χ1n) is 10.2. The first-order valence-corrected chi connectivity index (χ1v) is 10.2. The Labute approximate surface area is 163 Å². The van der Waals surface area contributed by atoms with Gasteiger partial charge in [0, 0.05) is 12.5 Å². The quantitative estimate of drug-likeness (QED) is 0.687. The summed E-state index contributed by atoms with van der Waals surface area (Å²) >= 11 is 0. The molecule has 0 heterocycles. The van der Waals surface area contributed by atoms with Gasteiger partial charge < -0.3 is 16.4 Å². The summed E-state index contributed by atoms with van der Waals surface area (Å²) in [4.78, 5) is 25.1. The fourth-order valence-corrected chi connectivity index (χ4v) is 4.08. The Morgan fingerprint density at radius 1 is 1.15 bits per heavy atom. The van der Waals surface area contributed by atoms with E-state index in [-0.39, 0.29) is 23.8 Å². The van der Waals surface area contributed by atoms with E-state index in [0.717, 1.165) is 18.4 Å². The summed E-state index contributed by atoms with van der Waals surface area (Å²) in [6, 6.07) is 8.84. The summed E-state index contributed by atoms with van der Waals surface area (Å²) in [6.07, 6.45) is 3.25. The van der Waals surface area contributed by atoms with Crippen molar-refractivity contribution in [2.75, 3.05) is 6.54 Å². The number of amides is 2. The second kappa shape index (κ2) is 9.88. The SMILES string of the molecule is CC(C)[C@@H]1CC[C@@H](C)C[C@H]1C(=O)NC[C@@H](NC(=O)[C@@H](C)N)c1ccccc1. The molecule has 5 atom stereocenters. The molecule has 0 aromatic heterocycles. The standard InChI is InChI=1S/C22H35N3O2/c1-14(2)18-11-10-15(3)12-19(18)22(27)24-13-20(25-21(26)16(4)23)17-8-6-5-7-9-17/h5-9,14-16,18-20H,10-13,23H2,1-4H3,(H,24,27)(H,25,26)/t15-,16-,18+,19-,20-/m1/s1. The molecule has 2 amide bonds. The number of hydrogen-bond donors (Lipinski definition) is 3. The Kier molecular flexibility index (Phi) is 7.84. The molecule has 1 aliphatic rings. The van der Waals surface area contributed by atoms with Crippen LogP contribution in [0.2, 0.25) is 0 Å². The van der Waals surface area contributed by atoms with E-state index < -0.39 is 6.04 Å². The van der Waals surface area contributed by atoms with Crippen molar-refractivity contribution in [3.8, 4) is 0 Å². The highest BCUT2D eigenvalue weighted by molar-refractivity contribution is 5.82. The van der Waals surface area contributed by atoms with Crippen molar-refractivity contribution in [3.63, 3.8) is 0 Å². The molecule has 0 saturated heterocycles. The molecule has 2 rings (SSSR count). The van der Waals surface area contributed by atoms with Crippen molar-refractivity contribution in [2.45, 2.75) is 59.0 Å². The minimum absolute atomic E-state index is 0.0503. The first kappa shape index (κ1) is 21.4. The zero-order valence-corrected chi connectivity index (χ0v) is 17.1. The molecule has 27 heavy (non-hydrogen) atoms. The molecule has 0 spiro atoms. The number of rotatable bonds is 7. The molecule has 0 unspecified atom stereocenters. The smallest absolute Gasteiger partial charge is 0.237 e. The molecular weight excluding hydrogens is 338 g/mol. The molecule has 1 aromatic rings. The number of nitrogens with one attached hydrogen (secondary N) is 2. The van der Waals surface area contributed by atoms with Gasteiger partial charge in [-0.1, -0.05) is 57.5 Å². The van der Waals surface area contributed by atoms with E-state index in [0.29, 0.717) is 24.3 Å². The maximum absolute atomic E-state index is 13.0. The Bertz CT molecular complexity index is 615. The third kappa shape index (κ3) is 6.06. The topological polar surface area (TPSA) is 84.2 Å². The van der Waals surface area contributed by atoms with E-state index >= 15 is 0 Å². The zero-order valence-electron chi connectivity index (χ0n) is 17.1. The average molecular weight is 374 g/mol. The van der Waals surface area contributed by atoms with E-state index in [9.17, 15) is 9.59 Å². The highest BCUT2D eigenvalue weighted by Gasteiger charge is 2.35. The fraction of sp³-hybridized carbons (Fsp3) is 0.636. The van der Waals surface area contributed by atoms with E-state index in [4.69, 9.17) is 5.73 Å². The van der Waals surface area contributed by atoms with Gasteiger partial charge in [-0.05, 0) is 43.1 Å². The minimum Gasteiger partial charge on any atom is -0.353 e. The van der Waals surface area contributed by atoms with Crippen LogP contribution in [0.5, 0.6) is 0 Å². The van der Waals surface area contributed by atoms with Crippen LogP contribution in [0.1, 0.15) is 58.6 Å². The summed E-state index contributed by atoms with van der Waals surface area (Å²) < 4.78 is 0. The van der Waals surface area contributed by atoms with Crippen LogP contribution >= 0.6 is 0 Å². The van der Waals surface area contributed by atoms with E-state index in [2.05, 4.69) is 31.4 Å². The van der Waals surface area contributed by atoms with Crippen LogP contribution in [0.3, 0.4) is 0 Å². The molecule has 0 radical (unpaired) electrons. The lowest BCUT2D eigenvalue weighted by atomic mass is 9.70. The normalized spacial score (nSPS) is 24.9. The van der Waals surface area contributed by atoms with Crippen LogP contribution in [-0.2, 0) is 9.59 Å². The molecule has 1 fully saturated rings. The van der Waals surface area contributed by atoms with Crippen molar-refractivity contribution in [3.05, 3.63) is 35.9 Å². The van der Waals surface area contributed by atoms with E-state index in [1.807, 2.05) is 30.3 Å². The summed E-state index contributed by atoms with van der Waals surface area (Å²) in [6.45, 7) is 8.67. The zero-order chi connectivity index (χ0) is 20.0. The number of benzene rings is 1. The van der Waals surface area contributed by atoms with Gasteiger partial charge in [0.1, 0.15) is 0 Å². The van der Waals surface area contributed by atoms with Gasteiger partial charge in [-0.15, -0.1) is 0 Å². The second-order valence-corrected chi connectivity index (χ2v) is 8.44. The Hall–Kier alpha value is -1.88. The summed E-state index contributed by atoms with van der Waals surface area (Å²) in [5, 5.41) is 6.06. The number of hydrogen-bond acceptors (Lipinski definition) is 3. The molecule has 150 valence electrons. The molecule has 5 heteroatoms. The molecule has 5 nitrogen and oxygen atoms in total. The number of carbonyl (C=O) groups is 2. The summed E-state index contributed by atoms with van der Waals surface area (Å²) in [5.41, 5.74) is 6.66. The van der Waals surface area contributed by atoms with Crippen LogP contribution in [0.4, 0.5) is 0 Å². The average Bonchev–Trinajstić information content (AvgIpc) is 2.64. The van der Waals surface area contributed by atoms with E-state index in [1.54, 1.807) is 6.92 Å². The highest BCUT2D eigenvalue weighted by atomic mass is 16.2. The van der Waals surface area contributed by atoms with Crippen LogP contribution in [0.25, 0.3) is 0 Å². The summed E-state index contributed by atoms with van der Waals surface area (Å²) in [5.74, 6) is 1.44. The van der Waals surface area contributed by atoms with E-state index in [1.165, 1.54) is 6.42 Å². The lowest BCUT2D eigenvalue weighted by molar-refractivity contribution is -0.130. The minimum atomic E-state index is -0.587. The van der Waals surface area contributed by atoms with Crippen molar-refractivity contribution in [1.82, 2.24) is 10.6 Å². The third-order valence-electron chi connectivity index (χ3n) is 5.77. The molecule has 1 aromatic carbocycles.